The Morgan fingerprint density at radius 1 is 0.800 bits per heavy atom. The van der Waals surface area contributed by atoms with E-state index < -0.39 is 0 Å². The van der Waals surface area contributed by atoms with E-state index in [1.54, 1.807) is 50.5 Å². The van der Waals surface area contributed by atoms with Crippen molar-refractivity contribution in [3.63, 3.8) is 0 Å². The molecule has 45 heavy (non-hydrogen) atoms. The smallest absolute Gasteiger partial charge is 0.254 e. The summed E-state index contributed by atoms with van der Waals surface area (Å²) < 4.78 is 16.2. The van der Waals surface area contributed by atoms with Crippen LogP contribution in [0.2, 0.25) is 0 Å². The Morgan fingerprint density at radius 2 is 1.58 bits per heavy atom. The topological polar surface area (TPSA) is 97.3 Å². The highest BCUT2D eigenvalue weighted by Gasteiger charge is 2.29. The van der Waals surface area contributed by atoms with Crippen LogP contribution in [0.5, 0.6) is 17.2 Å². The zero-order valence-electron chi connectivity index (χ0n) is 26.2. The van der Waals surface area contributed by atoms with Gasteiger partial charge in [0.1, 0.15) is 23.8 Å². The fraction of sp³-hybridized carbons (Fsp3) is 0.314. The Labute approximate surface area is 264 Å². The summed E-state index contributed by atoms with van der Waals surface area (Å²) in [4.78, 5) is 33.2. The molecule has 10 nitrogen and oxygen atoms in total. The normalized spacial score (nSPS) is 13.9. The first-order valence-electron chi connectivity index (χ1n) is 15.0. The second kappa shape index (κ2) is 14.6. The minimum Gasteiger partial charge on any atom is -0.497 e. The molecule has 0 saturated carbocycles. The molecule has 4 aromatic rings. The zero-order valence-corrected chi connectivity index (χ0v) is 26.2. The predicted molar refractivity (Wildman–Crippen MR) is 173 cm³/mol. The number of amides is 2. The van der Waals surface area contributed by atoms with E-state index in [4.69, 9.17) is 14.2 Å². The predicted octanol–water partition coefficient (Wildman–Crippen LogP) is 5.11. The Hall–Kier alpha value is -5.12. The van der Waals surface area contributed by atoms with Crippen LogP contribution in [0.1, 0.15) is 35.3 Å². The van der Waals surface area contributed by atoms with E-state index in [9.17, 15) is 9.59 Å². The quantitative estimate of drug-likeness (QED) is 0.245. The maximum absolute atomic E-state index is 13.8. The highest BCUT2D eigenvalue weighted by molar-refractivity contribution is 5.97. The molecule has 1 saturated heterocycles. The van der Waals surface area contributed by atoms with Gasteiger partial charge in [-0.05, 0) is 61.4 Å². The molecule has 10 heteroatoms. The van der Waals surface area contributed by atoms with Crippen molar-refractivity contribution in [2.45, 2.75) is 19.4 Å². The van der Waals surface area contributed by atoms with Crippen molar-refractivity contribution in [3.8, 4) is 28.5 Å². The summed E-state index contributed by atoms with van der Waals surface area (Å²) in [5.41, 5.74) is 2.94. The Morgan fingerprint density at radius 3 is 2.29 bits per heavy atom. The maximum Gasteiger partial charge on any atom is 0.254 e. The van der Waals surface area contributed by atoms with Crippen LogP contribution in [0.4, 0.5) is 5.82 Å². The van der Waals surface area contributed by atoms with E-state index in [0.717, 1.165) is 29.9 Å². The van der Waals surface area contributed by atoms with Crippen LogP contribution >= 0.6 is 0 Å². The number of ether oxygens (including phenoxy) is 3. The number of benzene rings is 3. The number of rotatable bonds is 10. The summed E-state index contributed by atoms with van der Waals surface area (Å²) in [6.07, 6.45) is 0.763. The SMILES string of the molecule is COc1cccc(C(=O)N(CC(=O)N2CCCN(c3ccc(-c4ccc(OC)cc4OC)nn3)CC2)[C@@H](C)c2ccccc2)c1. The molecule has 1 aliphatic heterocycles. The summed E-state index contributed by atoms with van der Waals surface area (Å²) >= 11 is 0. The van der Waals surface area contributed by atoms with Crippen LogP contribution in [-0.4, -0.2) is 85.9 Å². The number of hydrogen-bond donors (Lipinski definition) is 0. The number of carbonyl (C=O) groups excluding carboxylic acids is 2. The lowest BCUT2D eigenvalue weighted by Gasteiger charge is -2.32. The third kappa shape index (κ3) is 7.34. The van der Waals surface area contributed by atoms with Crippen molar-refractivity contribution in [1.82, 2.24) is 20.0 Å². The van der Waals surface area contributed by atoms with Crippen molar-refractivity contribution in [3.05, 3.63) is 96.1 Å². The fourth-order valence-electron chi connectivity index (χ4n) is 5.51. The molecule has 1 aromatic heterocycles. The summed E-state index contributed by atoms with van der Waals surface area (Å²) in [6, 6.07) is 25.9. The lowest BCUT2D eigenvalue weighted by atomic mass is 10.1. The Bertz CT molecular complexity index is 1600. The molecule has 1 atom stereocenters. The summed E-state index contributed by atoms with van der Waals surface area (Å²) in [5, 5.41) is 8.98. The average molecular weight is 610 g/mol. The van der Waals surface area contributed by atoms with Crippen molar-refractivity contribution in [2.24, 2.45) is 0 Å². The van der Waals surface area contributed by atoms with Gasteiger partial charge in [0, 0.05) is 43.4 Å². The Balaban J connectivity index is 1.28. The van der Waals surface area contributed by atoms with Gasteiger partial charge >= 0.3 is 0 Å². The molecule has 2 heterocycles. The second-order valence-corrected chi connectivity index (χ2v) is 10.8. The molecule has 2 amide bonds. The number of carbonyl (C=O) groups is 2. The van der Waals surface area contributed by atoms with Crippen molar-refractivity contribution in [2.75, 3.05) is 59.0 Å². The van der Waals surface area contributed by atoms with Crippen LogP contribution in [-0.2, 0) is 4.79 Å². The van der Waals surface area contributed by atoms with Crippen molar-refractivity contribution < 1.29 is 23.8 Å². The maximum atomic E-state index is 13.8. The van der Waals surface area contributed by atoms with E-state index in [1.165, 1.54) is 0 Å². The van der Waals surface area contributed by atoms with Crippen LogP contribution in [0.25, 0.3) is 11.3 Å². The molecule has 0 N–H and O–H groups in total. The molecule has 3 aromatic carbocycles. The molecule has 234 valence electrons. The van der Waals surface area contributed by atoms with E-state index in [2.05, 4.69) is 15.1 Å². The minimum atomic E-state index is -0.310. The van der Waals surface area contributed by atoms with E-state index in [-0.39, 0.29) is 24.4 Å². The van der Waals surface area contributed by atoms with Gasteiger partial charge in [-0.3, -0.25) is 9.59 Å². The van der Waals surface area contributed by atoms with Gasteiger partial charge in [0.05, 0.1) is 33.1 Å². The number of methoxy groups -OCH3 is 3. The summed E-state index contributed by atoms with van der Waals surface area (Å²) in [6.45, 7) is 4.35. The molecule has 5 rings (SSSR count). The van der Waals surface area contributed by atoms with Gasteiger partial charge in [0.25, 0.3) is 5.91 Å². The van der Waals surface area contributed by atoms with Gasteiger partial charge in [-0.15, -0.1) is 10.2 Å². The highest BCUT2D eigenvalue weighted by Crippen LogP contribution is 2.32. The number of nitrogens with zero attached hydrogens (tertiary/aromatic N) is 5. The lowest BCUT2D eigenvalue weighted by Crippen LogP contribution is -2.45. The van der Waals surface area contributed by atoms with Crippen LogP contribution in [0.3, 0.4) is 0 Å². The van der Waals surface area contributed by atoms with Gasteiger partial charge < -0.3 is 28.9 Å². The standard InChI is InChI=1S/C35H39N5O5/c1-25(26-10-6-5-7-11-26)40(35(42)27-12-8-13-28(22-27)43-2)24-34(41)39-19-9-18-38(20-21-39)33-17-16-31(36-37-33)30-15-14-29(44-3)23-32(30)45-4/h5-8,10-17,22-23,25H,9,18-21,24H2,1-4H3/t25-/m0/s1. The summed E-state index contributed by atoms with van der Waals surface area (Å²) in [5.74, 6) is 2.37. The second-order valence-electron chi connectivity index (χ2n) is 10.8. The van der Waals surface area contributed by atoms with E-state index in [0.29, 0.717) is 48.1 Å². The molecule has 0 bridgehead atoms. The molecule has 1 aliphatic rings. The first-order valence-corrected chi connectivity index (χ1v) is 15.0. The van der Waals surface area contributed by atoms with Gasteiger partial charge in [-0.1, -0.05) is 36.4 Å². The molecule has 0 radical (unpaired) electrons. The molecule has 0 unspecified atom stereocenters. The minimum absolute atomic E-state index is 0.0374. The van der Waals surface area contributed by atoms with Crippen LogP contribution in [0, 0.1) is 0 Å². The van der Waals surface area contributed by atoms with Gasteiger partial charge in [0.15, 0.2) is 5.82 Å². The Kier molecular flexibility index (Phi) is 10.1. The van der Waals surface area contributed by atoms with E-state index in [1.807, 2.05) is 72.5 Å². The first-order chi connectivity index (χ1) is 21.9. The number of hydrogen-bond acceptors (Lipinski definition) is 8. The molecule has 0 spiro atoms. The van der Waals surface area contributed by atoms with E-state index >= 15 is 0 Å². The third-order valence-corrected chi connectivity index (χ3v) is 8.14. The highest BCUT2D eigenvalue weighted by atomic mass is 16.5. The van der Waals surface area contributed by atoms with Crippen LogP contribution in [0.15, 0.2) is 84.9 Å². The van der Waals surface area contributed by atoms with Crippen LogP contribution < -0.4 is 19.1 Å². The first kappa shape index (κ1) is 31.3. The third-order valence-electron chi connectivity index (χ3n) is 8.14. The fourth-order valence-corrected chi connectivity index (χ4v) is 5.51. The summed E-state index contributed by atoms with van der Waals surface area (Å²) in [7, 11) is 4.79. The van der Waals surface area contributed by atoms with Gasteiger partial charge in [-0.2, -0.15) is 0 Å². The molecule has 1 fully saturated rings. The largest absolute Gasteiger partial charge is 0.497 e. The lowest BCUT2D eigenvalue weighted by molar-refractivity contribution is -0.132. The van der Waals surface area contributed by atoms with Crippen molar-refractivity contribution in [1.29, 1.82) is 0 Å². The molecular weight excluding hydrogens is 570 g/mol. The van der Waals surface area contributed by atoms with Crippen molar-refractivity contribution >= 4 is 17.6 Å². The van der Waals surface area contributed by atoms with Gasteiger partial charge in [0.2, 0.25) is 5.91 Å². The zero-order chi connectivity index (χ0) is 31.8. The number of anilines is 1. The average Bonchev–Trinajstić information content (AvgIpc) is 3.37. The van der Waals surface area contributed by atoms with Gasteiger partial charge in [-0.25, -0.2) is 0 Å². The monoisotopic (exact) mass is 609 g/mol. The number of aromatic nitrogens is 2. The molecule has 0 aliphatic carbocycles. The molecular formula is C35H39N5O5.